The molecule has 2 heterocycles. The summed E-state index contributed by atoms with van der Waals surface area (Å²) in [6.45, 7) is 9.97. The summed E-state index contributed by atoms with van der Waals surface area (Å²) in [4.78, 5) is 13.8. The number of fused-ring (bicyclic) bond motifs is 1. The number of carbonyl (C=O) groups excluding carboxylic acids is 1. The van der Waals surface area contributed by atoms with Crippen LogP contribution in [0.1, 0.15) is 73.4 Å². The number of halogens is 3. The van der Waals surface area contributed by atoms with Gasteiger partial charge < -0.3 is 9.47 Å². The fraction of sp³-hybridized carbons (Fsp3) is 0.444. The van der Waals surface area contributed by atoms with Crippen LogP contribution in [0.25, 0.3) is 0 Å². The van der Waals surface area contributed by atoms with Gasteiger partial charge in [0.1, 0.15) is 12.2 Å². The van der Waals surface area contributed by atoms with Crippen molar-refractivity contribution < 1.29 is 18.0 Å². The van der Waals surface area contributed by atoms with E-state index in [1.165, 1.54) is 23.8 Å². The Morgan fingerprint density at radius 1 is 1.06 bits per heavy atom. The second-order valence-corrected chi connectivity index (χ2v) is 8.31. The minimum atomic E-state index is -4.46. The largest absolute Gasteiger partial charge is 0.416 e. The third-order valence-electron chi connectivity index (χ3n) is 5.99. The molecule has 4 rings (SSSR count). The van der Waals surface area contributed by atoms with E-state index in [0.717, 1.165) is 24.2 Å². The normalized spacial score (nSPS) is 12.6. The highest BCUT2D eigenvalue weighted by Gasteiger charge is 2.40. The molecule has 0 N–H and O–H groups in total. The summed E-state index contributed by atoms with van der Waals surface area (Å²) in [5, 5.41) is 7.92. The van der Waals surface area contributed by atoms with Gasteiger partial charge >= 0.3 is 6.18 Å². The first kappa shape index (κ1) is 28.1. The van der Waals surface area contributed by atoms with E-state index in [0.29, 0.717) is 11.3 Å². The van der Waals surface area contributed by atoms with E-state index in [1.807, 2.05) is 25.5 Å². The van der Waals surface area contributed by atoms with Crippen molar-refractivity contribution in [2.24, 2.45) is 13.0 Å². The number of amides is 1. The van der Waals surface area contributed by atoms with E-state index in [2.05, 4.69) is 24.0 Å². The number of anilines is 1. The average Bonchev–Trinajstić information content (AvgIpc) is 3.41. The van der Waals surface area contributed by atoms with Crippen molar-refractivity contribution in [3.63, 3.8) is 0 Å². The Kier molecular flexibility index (Phi) is 10.0. The molecule has 3 aromatic rings. The molecule has 1 aromatic heterocycles. The monoisotopic (exact) mass is 488 g/mol. The maximum absolute atomic E-state index is 13.1. The van der Waals surface area contributed by atoms with Crippen molar-refractivity contribution >= 4 is 11.6 Å². The van der Waals surface area contributed by atoms with Crippen molar-refractivity contribution in [2.45, 2.75) is 66.6 Å². The first-order chi connectivity index (χ1) is 16.7. The van der Waals surface area contributed by atoms with Crippen molar-refractivity contribution in [3.8, 4) is 0 Å². The van der Waals surface area contributed by atoms with Gasteiger partial charge in [-0.15, -0.1) is 10.2 Å². The van der Waals surface area contributed by atoms with Crippen molar-refractivity contribution in [3.05, 3.63) is 76.9 Å². The molecule has 0 saturated carbocycles. The minimum Gasteiger partial charge on any atom is -0.321 e. The molecule has 1 amide bonds. The molecule has 0 bridgehead atoms. The molecule has 8 heteroatoms. The molecule has 35 heavy (non-hydrogen) atoms. The van der Waals surface area contributed by atoms with Gasteiger partial charge in [0, 0.05) is 24.7 Å². The molecule has 5 nitrogen and oxygen atoms in total. The predicted octanol–water partition coefficient (Wildman–Crippen LogP) is 6.99. The van der Waals surface area contributed by atoms with Crippen molar-refractivity contribution in [1.82, 2.24) is 14.8 Å². The summed E-state index contributed by atoms with van der Waals surface area (Å²) in [7, 11) is 2.00. The van der Waals surface area contributed by atoms with Gasteiger partial charge in [0.25, 0.3) is 5.91 Å². The van der Waals surface area contributed by atoms with Gasteiger partial charge in [0.05, 0.1) is 12.1 Å². The molecule has 0 fully saturated rings. The standard InChI is InChI=1S/C16H12F3NO.C9H17N3.C2H6/c1-10-7-12-13(14(8-10)16(17,18)19)9-20(15(12)21)11-5-3-2-4-6-11;1-4-8(5-2)6-9-11-10-7-12(9)3;1-2/h2-8H,9H2,1H3;7-8H,4-6H2,1-3H3;1-2H3. The zero-order chi connectivity index (χ0) is 26.2. The Labute approximate surface area is 206 Å². The number of benzene rings is 2. The second kappa shape index (κ2) is 12.5. The Morgan fingerprint density at radius 2 is 1.69 bits per heavy atom. The maximum atomic E-state index is 13.1. The van der Waals surface area contributed by atoms with E-state index in [9.17, 15) is 18.0 Å². The van der Waals surface area contributed by atoms with Crippen LogP contribution in [-0.4, -0.2) is 20.7 Å². The van der Waals surface area contributed by atoms with Crippen LogP contribution in [0, 0.1) is 12.8 Å². The van der Waals surface area contributed by atoms with Gasteiger partial charge in [-0.05, 0) is 48.2 Å². The Bertz CT molecular complexity index is 1090. The van der Waals surface area contributed by atoms with E-state index in [-0.39, 0.29) is 23.6 Å². The van der Waals surface area contributed by atoms with Gasteiger partial charge in [-0.3, -0.25) is 4.79 Å². The Morgan fingerprint density at radius 3 is 2.20 bits per heavy atom. The topological polar surface area (TPSA) is 51.0 Å². The Hall–Kier alpha value is -3.16. The van der Waals surface area contributed by atoms with Crippen LogP contribution in [0.2, 0.25) is 0 Å². The van der Waals surface area contributed by atoms with Gasteiger partial charge in [0.15, 0.2) is 0 Å². The molecule has 1 aliphatic heterocycles. The van der Waals surface area contributed by atoms with Gasteiger partial charge in [-0.25, -0.2) is 0 Å². The van der Waals surface area contributed by atoms with Gasteiger partial charge in [0.2, 0.25) is 0 Å². The summed E-state index contributed by atoms with van der Waals surface area (Å²) in [6, 6.07) is 11.3. The molecule has 0 saturated heterocycles. The lowest BCUT2D eigenvalue weighted by atomic mass is 9.99. The second-order valence-electron chi connectivity index (χ2n) is 8.31. The highest BCUT2D eigenvalue weighted by Crippen LogP contribution is 2.39. The smallest absolute Gasteiger partial charge is 0.321 e. The number of aromatic nitrogens is 3. The van der Waals surface area contributed by atoms with Crippen LogP contribution in [0.5, 0.6) is 0 Å². The van der Waals surface area contributed by atoms with Crippen LogP contribution in [0.4, 0.5) is 18.9 Å². The number of nitrogens with zero attached hydrogens (tertiary/aromatic N) is 4. The SMILES string of the molecule is CC.CCC(CC)Cc1nncn1C.Cc1cc2c(c(C(F)(F)F)c1)CN(c1ccccc1)C2=O. The lowest BCUT2D eigenvalue weighted by molar-refractivity contribution is -0.138. The van der Waals surface area contributed by atoms with Gasteiger partial charge in [-0.2, -0.15) is 13.2 Å². The third kappa shape index (κ3) is 6.93. The summed E-state index contributed by atoms with van der Waals surface area (Å²) < 4.78 is 41.4. The predicted molar refractivity (Wildman–Crippen MR) is 133 cm³/mol. The van der Waals surface area contributed by atoms with Crippen LogP contribution in [-0.2, 0) is 26.2 Å². The third-order valence-corrected chi connectivity index (χ3v) is 5.99. The number of hydrogen-bond donors (Lipinski definition) is 0. The molecule has 190 valence electrons. The summed E-state index contributed by atoms with van der Waals surface area (Å²) in [6.07, 6.45) is 0.816. The lowest BCUT2D eigenvalue weighted by Crippen LogP contribution is -2.22. The Balaban J connectivity index is 0.000000263. The maximum Gasteiger partial charge on any atom is 0.416 e. The minimum absolute atomic E-state index is 0.0483. The highest BCUT2D eigenvalue weighted by molar-refractivity contribution is 6.10. The van der Waals surface area contributed by atoms with Crippen LogP contribution < -0.4 is 4.90 Å². The number of hydrogen-bond acceptors (Lipinski definition) is 3. The molecule has 1 aliphatic rings. The first-order valence-electron chi connectivity index (χ1n) is 12.1. The van der Waals surface area contributed by atoms with Crippen LogP contribution in [0.15, 0.2) is 48.8 Å². The number of rotatable bonds is 5. The summed E-state index contributed by atoms with van der Waals surface area (Å²) >= 11 is 0. The molecule has 0 radical (unpaired) electrons. The lowest BCUT2D eigenvalue weighted by Gasteiger charge is -2.16. The van der Waals surface area contributed by atoms with Gasteiger partial charge in [-0.1, -0.05) is 58.7 Å². The van der Waals surface area contributed by atoms with Crippen molar-refractivity contribution in [2.75, 3.05) is 4.90 Å². The quantitative estimate of drug-likeness (QED) is 0.389. The number of alkyl halides is 3. The number of aryl methyl sites for hydroxylation is 2. The number of para-hydroxylation sites is 1. The zero-order valence-corrected chi connectivity index (χ0v) is 21.4. The van der Waals surface area contributed by atoms with E-state index >= 15 is 0 Å². The molecule has 0 unspecified atom stereocenters. The molecule has 0 atom stereocenters. The molecule has 2 aromatic carbocycles. The summed E-state index contributed by atoms with van der Waals surface area (Å²) in [5.74, 6) is 1.47. The van der Waals surface area contributed by atoms with E-state index < -0.39 is 11.7 Å². The van der Waals surface area contributed by atoms with Crippen LogP contribution in [0.3, 0.4) is 0 Å². The molecule has 0 spiro atoms. The summed E-state index contributed by atoms with van der Waals surface area (Å²) in [5.41, 5.74) is 0.520. The first-order valence-corrected chi connectivity index (χ1v) is 12.1. The average molecular weight is 489 g/mol. The van der Waals surface area contributed by atoms with E-state index in [1.54, 1.807) is 43.6 Å². The number of carbonyl (C=O) groups is 1. The van der Waals surface area contributed by atoms with Crippen molar-refractivity contribution in [1.29, 1.82) is 0 Å². The molecular weight excluding hydrogens is 453 g/mol. The van der Waals surface area contributed by atoms with Crippen LogP contribution >= 0.6 is 0 Å². The fourth-order valence-electron chi connectivity index (χ4n) is 3.95. The highest BCUT2D eigenvalue weighted by atomic mass is 19.4. The fourth-order valence-corrected chi connectivity index (χ4v) is 3.95. The molecule has 0 aliphatic carbocycles. The zero-order valence-electron chi connectivity index (χ0n) is 21.4. The molecular formula is C27H35F3N4O. The van der Waals surface area contributed by atoms with E-state index in [4.69, 9.17) is 0 Å².